The Morgan fingerprint density at radius 2 is 1.82 bits per heavy atom. The summed E-state index contributed by atoms with van der Waals surface area (Å²) in [5, 5.41) is 10.7. The standard InChI is InChI=1S/C13H10N2O2/c16-15(17)13-12(7-4-10-14-13)9-8-11-5-2-1-3-6-11/h1-10H. The molecule has 0 aliphatic carbocycles. The van der Waals surface area contributed by atoms with Gasteiger partial charge in [0, 0.05) is 0 Å². The number of hydrogen-bond acceptors (Lipinski definition) is 3. The minimum absolute atomic E-state index is 0.125. The number of nitrogens with zero attached hydrogens (tertiary/aromatic N) is 2. The molecule has 0 atom stereocenters. The van der Waals surface area contributed by atoms with Crippen LogP contribution in [0.1, 0.15) is 11.1 Å². The van der Waals surface area contributed by atoms with Gasteiger partial charge in [0.15, 0.2) is 0 Å². The highest BCUT2D eigenvalue weighted by molar-refractivity contribution is 5.72. The van der Waals surface area contributed by atoms with Crippen LogP contribution in [0.3, 0.4) is 0 Å². The third-order valence-electron chi connectivity index (χ3n) is 2.24. The average molecular weight is 226 g/mol. The average Bonchev–Trinajstić information content (AvgIpc) is 2.38. The van der Waals surface area contributed by atoms with Crippen molar-refractivity contribution in [2.45, 2.75) is 0 Å². The number of hydrogen-bond donors (Lipinski definition) is 0. The summed E-state index contributed by atoms with van der Waals surface area (Å²) < 4.78 is 0. The second-order valence-corrected chi connectivity index (χ2v) is 3.42. The Morgan fingerprint density at radius 3 is 2.53 bits per heavy atom. The zero-order valence-electron chi connectivity index (χ0n) is 8.98. The number of rotatable bonds is 3. The van der Waals surface area contributed by atoms with Gasteiger partial charge in [0.2, 0.25) is 0 Å². The first kappa shape index (κ1) is 11.0. The summed E-state index contributed by atoms with van der Waals surface area (Å²) in [6.45, 7) is 0. The third-order valence-corrected chi connectivity index (χ3v) is 2.24. The minimum Gasteiger partial charge on any atom is -0.358 e. The van der Waals surface area contributed by atoms with Gasteiger partial charge in [-0.3, -0.25) is 0 Å². The predicted octanol–water partition coefficient (Wildman–Crippen LogP) is 3.16. The maximum Gasteiger partial charge on any atom is 0.370 e. The highest BCUT2D eigenvalue weighted by Gasteiger charge is 2.10. The molecule has 0 aliphatic rings. The summed E-state index contributed by atoms with van der Waals surface area (Å²) in [7, 11) is 0. The second-order valence-electron chi connectivity index (χ2n) is 3.42. The molecule has 4 heteroatoms. The monoisotopic (exact) mass is 226 g/mol. The fourth-order valence-electron chi connectivity index (χ4n) is 1.44. The molecule has 0 bridgehead atoms. The molecular formula is C13H10N2O2. The Labute approximate surface area is 98.4 Å². The normalized spacial score (nSPS) is 10.6. The molecule has 1 aromatic heterocycles. The van der Waals surface area contributed by atoms with Gasteiger partial charge in [-0.15, -0.1) is 0 Å². The Morgan fingerprint density at radius 1 is 1.06 bits per heavy atom. The molecule has 0 radical (unpaired) electrons. The summed E-state index contributed by atoms with van der Waals surface area (Å²) in [6, 6.07) is 13.0. The summed E-state index contributed by atoms with van der Waals surface area (Å²) >= 11 is 0. The molecule has 0 spiro atoms. The van der Waals surface area contributed by atoms with Gasteiger partial charge in [-0.25, -0.2) is 0 Å². The fourth-order valence-corrected chi connectivity index (χ4v) is 1.44. The smallest absolute Gasteiger partial charge is 0.358 e. The van der Waals surface area contributed by atoms with Crippen molar-refractivity contribution in [2.75, 3.05) is 0 Å². The van der Waals surface area contributed by atoms with Crippen LogP contribution in [0.5, 0.6) is 0 Å². The van der Waals surface area contributed by atoms with Gasteiger partial charge < -0.3 is 10.1 Å². The van der Waals surface area contributed by atoms with Gasteiger partial charge in [0.25, 0.3) is 0 Å². The SMILES string of the molecule is O=[N+]([O-])c1ncccc1C=Cc1ccccc1. The van der Waals surface area contributed by atoms with Gasteiger partial charge >= 0.3 is 5.82 Å². The van der Waals surface area contributed by atoms with E-state index in [4.69, 9.17) is 0 Å². The van der Waals surface area contributed by atoms with E-state index in [2.05, 4.69) is 4.98 Å². The molecule has 0 unspecified atom stereocenters. The van der Waals surface area contributed by atoms with Crippen LogP contribution in [0.25, 0.3) is 12.2 Å². The molecule has 0 N–H and O–H groups in total. The lowest BCUT2D eigenvalue weighted by atomic mass is 10.1. The molecule has 0 saturated carbocycles. The fraction of sp³-hybridized carbons (Fsp3) is 0. The van der Waals surface area contributed by atoms with Crippen molar-refractivity contribution in [2.24, 2.45) is 0 Å². The Hall–Kier alpha value is -2.49. The van der Waals surface area contributed by atoms with Crippen LogP contribution in [0.15, 0.2) is 48.7 Å². The Bertz CT molecular complexity index is 550. The van der Waals surface area contributed by atoms with Gasteiger partial charge in [-0.05, 0) is 33.7 Å². The van der Waals surface area contributed by atoms with E-state index < -0.39 is 4.92 Å². The second kappa shape index (κ2) is 5.03. The zero-order chi connectivity index (χ0) is 12.1. The van der Waals surface area contributed by atoms with E-state index >= 15 is 0 Å². The van der Waals surface area contributed by atoms with Crippen molar-refractivity contribution in [1.29, 1.82) is 0 Å². The first-order valence-corrected chi connectivity index (χ1v) is 5.10. The van der Waals surface area contributed by atoms with Gasteiger partial charge in [-0.1, -0.05) is 36.4 Å². The van der Waals surface area contributed by atoms with Crippen molar-refractivity contribution in [3.8, 4) is 0 Å². The maximum absolute atomic E-state index is 10.7. The van der Waals surface area contributed by atoms with E-state index in [0.29, 0.717) is 5.56 Å². The molecule has 4 nitrogen and oxygen atoms in total. The lowest BCUT2D eigenvalue weighted by molar-refractivity contribution is -0.389. The maximum atomic E-state index is 10.7. The molecule has 17 heavy (non-hydrogen) atoms. The van der Waals surface area contributed by atoms with E-state index in [1.165, 1.54) is 6.20 Å². The summed E-state index contributed by atoms with van der Waals surface area (Å²) in [4.78, 5) is 14.0. The van der Waals surface area contributed by atoms with Crippen LogP contribution in [0, 0.1) is 10.1 Å². The number of pyridine rings is 1. The number of benzene rings is 1. The van der Waals surface area contributed by atoms with Crippen molar-refractivity contribution < 1.29 is 4.92 Å². The largest absolute Gasteiger partial charge is 0.370 e. The molecule has 0 saturated heterocycles. The van der Waals surface area contributed by atoms with Crippen molar-refractivity contribution in [3.05, 3.63) is 69.9 Å². The molecule has 1 heterocycles. The van der Waals surface area contributed by atoms with Crippen LogP contribution < -0.4 is 0 Å². The van der Waals surface area contributed by atoms with Crippen LogP contribution in [0.4, 0.5) is 5.82 Å². The quantitative estimate of drug-likeness (QED) is 0.596. The van der Waals surface area contributed by atoms with Crippen LogP contribution in [-0.4, -0.2) is 9.91 Å². The summed E-state index contributed by atoms with van der Waals surface area (Å²) in [5.41, 5.74) is 1.49. The molecule has 84 valence electrons. The molecule has 1 aromatic carbocycles. The van der Waals surface area contributed by atoms with Crippen molar-refractivity contribution >= 4 is 18.0 Å². The summed E-state index contributed by atoms with van der Waals surface area (Å²) in [6.07, 6.45) is 4.93. The number of nitro groups is 1. The predicted molar refractivity (Wildman–Crippen MR) is 66.3 cm³/mol. The first-order valence-electron chi connectivity index (χ1n) is 5.10. The lowest BCUT2D eigenvalue weighted by Crippen LogP contribution is -1.93. The zero-order valence-corrected chi connectivity index (χ0v) is 8.98. The van der Waals surface area contributed by atoms with Gasteiger partial charge in [-0.2, -0.15) is 0 Å². The lowest BCUT2D eigenvalue weighted by Gasteiger charge is -1.96. The van der Waals surface area contributed by atoms with E-state index in [0.717, 1.165) is 5.56 Å². The van der Waals surface area contributed by atoms with Crippen LogP contribution in [0.2, 0.25) is 0 Å². The third kappa shape index (κ3) is 2.75. The molecule has 2 aromatic rings. The van der Waals surface area contributed by atoms with Crippen LogP contribution >= 0.6 is 0 Å². The molecule has 0 aliphatic heterocycles. The van der Waals surface area contributed by atoms with E-state index in [1.807, 2.05) is 36.4 Å². The Balaban J connectivity index is 2.30. The topological polar surface area (TPSA) is 56.0 Å². The first-order chi connectivity index (χ1) is 8.27. The highest BCUT2D eigenvalue weighted by Crippen LogP contribution is 2.17. The van der Waals surface area contributed by atoms with Crippen LogP contribution in [-0.2, 0) is 0 Å². The minimum atomic E-state index is -0.481. The van der Waals surface area contributed by atoms with E-state index in [9.17, 15) is 10.1 Å². The molecule has 0 amide bonds. The van der Waals surface area contributed by atoms with E-state index in [1.54, 1.807) is 18.2 Å². The Kier molecular flexibility index (Phi) is 3.25. The van der Waals surface area contributed by atoms with Crippen molar-refractivity contribution in [1.82, 2.24) is 4.98 Å². The highest BCUT2D eigenvalue weighted by atomic mass is 16.6. The van der Waals surface area contributed by atoms with Gasteiger partial charge in [0.1, 0.15) is 6.20 Å². The van der Waals surface area contributed by atoms with Gasteiger partial charge in [0.05, 0.1) is 5.56 Å². The molecule has 0 fully saturated rings. The van der Waals surface area contributed by atoms with E-state index in [-0.39, 0.29) is 5.82 Å². The summed E-state index contributed by atoms with van der Waals surface area (Å²) in [5.74, 6) is -0.125. The molecular weight excluding hydrogens is 216 g/mol. The van der Waals surface area contributed by atoms with Crippen molar-refractivity contribution in [3.63, 3.8) is 0 Å². The number of aromatic nitrogens is 1. The molecule has 2 rings (SSSR count).